The normalized spacial score (nSPS) is 10.3. The summed E-state index contributed by atoms with van der Waals surface area (Å²) in [5, 5.41) is 2.64. The number of benzene rings is 1. The van der Waals surface area contributed by atoms with Gasteiger partial charge in [0, 0.05) is 19.4 Å². The number of hydrogen-bond donors (Lipinski definition) is 1. The molecule has 0 unspecified atom stereocenters. The van der Waals surface area contributed by atoms with Crippen molar-refractivity contribution in [3.8, 4) is 0 Å². The van der Waals surface area contributed by atoms with Crippen LogP contribution in [0.4, 0.5) is 0 Å². The predicted molar refractivity (Wildman–Crippen MR) is 85.1 cm³/mol. The van der Waals surface area contributed by atoms with Gasteiger partial charge in [0.25, 0.3) is 0 Å². The number of nitrogens with zero attached hydrogens (tertiary/aromatic N) is 1. The molecule has 0 aliphatic rings. The largest absolute Gasteiger partial charge is 0.359 e. The van der Waals surface area contributed by atoms with Crippen LogP contribution in [-0.4, -0.2) is 17.9 Å². The summed E-state index contributed by atoms with van der Waals surface area (Å²) < 4.78 is 0. The Kier molecular flexibility index (Phi) is 5.95. The van der Waals surface area contributed by atoms with Crippen LogP contribution in [0.25, 0.3) is 0 Å². The number of unbranched alkanes of at least 4 members (excludes halogenated alkanes) is 1. The second kappa shape index (κ2) is 8.20. The Hall–Kier alpha value is -2.16. The van der Waals surface area contributed by atoms with E-state index in [9.17, 15) is 4.79 Å². The number of pyridine rings is 1. The van der Waals surface area contributed by atoms with Crippen LogP contribution in [0.15, 0.2) is 48.8 Å². The van der Waals surface area contributed by atoms with Gasteiger partial charge in [-0.2, -0.15) is 0 Å². The third-order valence-electron chi connectivity index (χ3n) is 3.57. The lowest BCUT2D eigenvalue weighted by Crippen LogP contribution is -2.19. The van der Waals surface area contributed by atoms with Gasteiger partial charge >= 0.3 is 0 Å². The first kappa shape index (κ1) is 15.2. The Morgan fingerprint density at radius 3 is 2.29 bits per heavy atom. The summed E-state index contributed by atoms with van der Waals surface area (Å²) in [4.78, 5) is 15.4. The SMILES string of the molecule is CNC(=O)Cc1ccc(CCCCc2cccnc2)cc1. The molecule has 0 radical (unpaired) electrons. The molecular weight excluding hydrogens is 260 g/mol. The van der Waals surface area contributed by atoms with Crippen molar-refractivity contribution in [3.63, 3.8) is 0 Å². The van der Waals surface area contributed by atoms with Crippen LogP contribution >= 0.6 is 0 Å². The Morgan fingerprint density at radius 1 is 1.00 bits per heavy atom. The second-order valence-corrected chi connectivity index (χ2v) is 5.23. The van der Waals surface area contributed by atoms with Crippen LogP contribution in [0.1, 0.15) is 29.5 Å². The first-order valence-corrected chi connectivity index (χ1v) is 7.45. The number of likely N-dealkylation sites (N-methyl/N-ethyl adjacent to an activating group) is 1. The van der Waals surface area contributed by atoms with E-state index in [0.717, 1.165) is 18.4 Å². The summed E-state index contributed by atoms with van der Waals surface area (Å²) in [7, 11) is 1.67. The lowest BCUT2D eigenvalue weighted by molar-refractivity contribution is -0.119. The summed E-state index contributed by atoms with van der Waals surface area (Å²) >= 11 is 0. The molecule has 1 aromatic carbocycles. The molecule has 1 aromatic heterocycles. The Morgan fingerprint density at radius 2 is 1.67 bits per heavy atom. The lowest BCUT2D eigenvalue weighted by atomic mass is 10.0. The topological polar surface area (TPSA) is 42.0 Å². The predicted octanol–water partition coefficient (Wildman–Crippen LogP) is 2.94. The van der Waals surface area contributed by atoms with E-state index in [1.807, 2.05) is 30.6 Å². The van der Waals surface area contributed by atoms with Gasteiger partial charge < -0.3 is 5.32 Å². The molecule has 0 saturated heterocycles. The number of carbonyl (C=O) groups is 1. The van der Waals surface area contributed by atoms with Gasteiger partial charge in [0.2, 0.25) is 5.91 Å². The third-order valence-corrected chi connectivity index (χ3v) is 3.57. The molecule has 1 heterocycles. The number of carbonyl (C=O) groups excluding carboxylic acids is 1. The van der Waals surface area contributed by atoms with Crippen molar-refractivity contribution in [2.24, 2.45) is 0 Å². The molecule has 110 valence electrons. The second-order valence-electron chi connectivity index (χ2n) is 5.23. The van der Waals surface area contributed by atoms with E-state index in [4.69, 9.17) is 0 Å². The molecule has 0 spiro atoms. The monoisotopic (exact) mass is 282 g/mol. The molecule has 0 saturated carbocycles. The minimum Gasteiger partial charge on any atom is -0.359 e. The highest BCUT2D eigenvalue weighted by atomic mass is 16.1. The smallest absolute Gasteiger partial charge is 0.224 e. The van der Waals surface area contributed by atoms with Gasteiger partial charge in [-0.1, -0.05) is 30.3 Å². The molecule has 0 fully saturated rings. The van der Waals surface area contributed by atoms with Crippen molar-refractivity contribution in [1.82, 2.24) is 10.3 Å². The molecule has 1 amide bonds. The van der Waals surface area contributed by atoms with Crippen LogP contribution in [0.3, 0.4) is 0 Å². The van der Waals surface area contributed by atoms with Crippen molar-refractivity contribution in [2.75, 3.05) is 7.05 Å². The van der Waals surface area contributed by atoms with Crippen molar-refractivity contribution in [1.29, 1.82) is 0 Å². The van der Waals surface area contributed by atoms with E-state index in [1.54, 1.807) is 7.05 Å². The van der Waals surface area contributed by atoms with Gasteiger partial charge in [-0.3, -0.25) is 9.78 Å². The molecule has 2 aromatic rings. The Bertz CT molecular complexity index is 549. The van der Waals surface area contributed by atoms with Gasteiger partial charge in [-0.15, -0.1) is 0 Å². The Labute approximate surface area is 126 Å². The highest BCUT2D eigenvalue weighted by Gasteiger charge is 2.01. The molecule has 2 rings (SSSR count). The number of aromatic nitrogens is 1. The fraction of sp³-hybridized carbons (Fsp3) is 0.333. The molecular formula is C18H22N2O. The van der Waals surface area contributed by atoms with E-state index in [0.29, 0.717) is 6.42 Å². The zero-order valence-electron chi connectivity index (χ0n) is 12.5. The van der Waals surface area contributed by atoms with Gasteiger partial charge in [-0.05, 0) is 48.4 Å². The summed E-state index contributed by atoms with van der Waals surface area (Å²) in [5.41, 5.74) is 3.70. The first-order chi connectivity index (χ1) is 10.3. The van der Waals surface area contributed by atoms with Gasteiger partial charge in [0.1, 0.15) is 0 Å². The summed E-state index contributed by atoms with van der Waals surface area (Å²) in [6.45, 7) is 0. The summed E-state index contributed by atoms with van der Waals surface area (Å²) in [6.07, 6.45) is 8.72. The number of rotatable bonds is 7. The number of hydrogen-bond acceptors (Lipinski definition) is 2. The lowest BCUT2D eigenvalue weighted by Gasteiger charge is -2.04. The molecule has 0 aliphatic carbocycles. The summed E-state index contributed by atoms with van der Waals surface area (Å²) in [5.74, 6) is 0.0548. The van der Waals surface area contributed by atoms with E-state index < -0.39 is 0 Å². The Balaban J connectivity index is 1.72. The highest BCUT2D eigenvalue weighted by molar-refractivity contribution is 5.78. The van der Waals surface area contributed by atoms with E-state index in [2.05, 4.69) is 28.5 Å². The van der Waals surface area contributed by atoms with Crippen molar-refractivity contribution >= 4 is 5.91 Å². The highest BCUT2D eigenvalue weighted by Crippen LogP contribution is 2.10. The van der Waals surface area contributed by atoms with Crippen molar-refractivity contribution in [2.45, 2.75) is 32.1 Å². The van der Waals surface area contributed by atoms with Gasteiger partial charge in [-0.25, -0.2) is 0 Å². The maximum atomic E-state index is 11.3. The van der Waals surface area contributed by atoms with Crippen LogP contribution < -0.4 is 5.32 Å². The number of nitrogens with one attached hydrogen (secondary N) is 1. The molecule has 3 heteroatoms. The fourth-order valence-electron chi connectivity index (χ4n) is 2.30. The molecule has 0 aliphatic heterocycles. The van der Waals surface area contributed by atoms with Gasteiger partial charge in [0.05, 0.1) is 6.42 Å². The minimum atomic E-state index is 0.0548. The van der Waals surface area contributed by atoms with Crippen LogP contribution in [0.2, 0.25) is 0 Å². The quantitative estimate of drug-likeness (QED) is 0.793. The molecule has 21 heavy (non-hydrogen) atoms. The standard InChI is InChI=1S/C18H22N2O/c1-19-18(21)13-16-10-8-15(9-11-16)5-2-3-6-17-7-4-12-20-14-17/h4,7-12,14H,2-3,5-6,13H2,1H3,(H,19,21). The molecule has 0 atom stereocenters. The van der Waals surface area contributed by atoms with Crippen molar-refractivity contribution in [3.05, 3.63) is 65.5 Å². The third kappa shape index (κ3) is 5.38. The maximum Gasteiger partial charge on any atom is 0.224 e. The average molecular weight is 282 g/mol. The average Bonchev–Trinajstić information content (AvgIpc) is 2.54. The number of amides is 1. The molecule has 0 bridgehead atoms. The van der Waals surface area contributed by atoms with E-state index in [-0.39, 0.29) is 5.91 Å². The van der Waals surface area contributed by atoms with E-state index >= 15 is 0 Å². The zero-order chi connectivity index (χ0) is 14.9. The van der Waals surface area contributed by atoms with Crippen LogP contribution in [0, 0.1) is 0 Å². The zero-order valence-corrected chi connectivity index (χ0v) is 12.5. The van der Waals surface area contributed by atoms with E-state index in [1.165, 1.54) is 24.0 Å². The molecule has 3 nitrogen and oxygen atoms in total. The van der Waals surface area contributed by atoms with Crippen molar-refractivity contribution < 1.29 is 4.79 Å². The first-order valence-electron chi connectivity index (χ1n) is 7.45. The van der Waals surface area contributed by atoms with Gasteiger partial charge in [0.15, 0.2) is 0 Å². The maximum absolute atomic E-state index is 11.3. The minimum absolute atomic E-state index is 0.0548. The molecule has 1 N–H and O–H groups in total. The van der Waals surface area contributed by atoms with Crippen LogP contribution in [0.5, 0.6) is 0 Å². The van der Waals surface area contributed by atoms with Crippen LogP contribution in [-0.2, 0) is 24.1 Å². The summed E-state index contributed by atoms with van der Waals surface area (Å²) in [6, 6.07) is 12.5. The fourth-order valence-corrected chi connectivity index (χ4v) is 2.30. The number of aryl methyl sites for hydroxylation is 2.